The molecule has 0 heterocycles. The van der Waals surface area contributed by atoms with E-state index in [1.54, 1.807) is 11.1 Å². The van der Waals surface area contributed by atoms with E-state index in [-0.39, 0.29) is 0 Å². The lowest BCUT2D eigenvalue weighted by molar-refractivity contribution is 0.0983. The molecule has 0 aliphatic heterocycles. The van der Waals surface area contributed by atoms with Gasteiger partial charge in [-0.1, -0.05) is 45.0 Å². The lowest BCUT2D eigenvalue weighted by atomic mass is 9.68. The minimum atomic E-state index is 0.463. The van der Waals surface area contributed by atoms with Crippen LogP contribution in [0, 0.1) is 16.7 Å². The Morgan fingerprint density at radius 1 is 1.10 bits per heavy atom. The molecule has 0 aromatic heterocycles. The van der Waals surface area contributed by atoms with Crippen LogP contribution in [0.15, 0.2) is 24.3 Å². The summed E-state index contributed by atoms with van der Waals surface area (Å²) in [6.45, 7) is 7.53. The Morgan fingerprint density at radius 2 is 1.90 bits per heavy atom. The van der Waals surface area contributed by atoms with Gasteiger partial charge in [-0.15, -0.1) is 0 Å². The Hall–Kier alpha value is -0.820. The van der Waals surface area contributed by atoms with Crippen molar-refractivity contribution < 1.29 is 0 Å². The van der Waals surface area contributed by atoms with Gasteiger partial charge in [-0.3, -0.25) is 0 Å². The van der Waals surface area contributed by atoms with Gasteiger partial charge in [0.2, 0.25) is 0 Å². The summed E-state index contributed by atoms with van der Waals surface area (Å²) in [5.74, 6) is 0.932. The summed E-state index contributed by atoms with van der Waals surface area (Å²) >= 11 is 0. The average molecular weight is 269 g/mol. The van der Waals surface area contributed by atoms with E-state index in [2.05, 4.69) is 50.4 Å². The Labute approximate surface area is 123 Å². The third-order valence-corrected chi connectivity index (χ3v) is 6.77. The van der Waals surface area contributed by atoms with Gasteiger partial charge in [0.1, 0.15) is 0 Å². The first-order valence-corrected chi connectivity index (χ1v) is 8.34. The first kappa shape index (κ1) is 12.9. The number of hydrogen-bond donors (Lipinski definition) is 1. The summed E-state index contributed by atoms with van der Waals surface area (Å²) in [4.78, 5) is 0. The molecule has 1 aromatic carbocycles. The molecule has 1 heteroatoms. The van der Waals surface area contributed by atoms with Crippen LogP contribution < -0.4 is 5.32 Å². The topological polar surface area (TPSA) is 12.0 Å². The molecule has 20 heavy (non-hydrogen) atoms. The van der Waals surface area contributed by atoms with Crippen LogP contribution in [0.2, 0.25) is 0 Å². The van der Waals surface area contributed by atoms with Crippen molar-refractivity contribution in [2.75, 3.05) is 0 Å². The molecule has 1 nitrogen and oxygen atoms in total. The summed E-state index contributed by atoms with van der Waals surface area (Å²) < 4.78 is 0. The normalized spacial score (nSPS) is 41.0. The van der Waals surface area contributed by atoms with Crippen LogP contribution in [0.1, 0.15) is 63.6 Å². The summed E-state index contributed by atoms with van der Waals surface area (Å²) in [7, 11) is 0. The van der Waals surface area contributed by atoms with Crippen molar-refractivity contribution in [2.24, 2.45) is 16.7 Å². The molecular weight excluding hydrogens is 242 g/mol. The molecule has 2 saturated carbocycles. The van der Waals surface area contributed by atoms with E-state index >= 15 is 0 Å². The molecule has 3 aliphatic rings. The molecule has 0 radical (unpaired) electrons. The minimum absolute atomic E-state index is 0.463. The monoisotopic (exact) mass is 269 g/mol. The molecule has 4 rings (SSSR count). The van der Waals surface area contributed by atoms with Crippen molar-refractivity contribution in [1.29, 1.82) is 0 Å². The SMILES string of the molecule is CC12CCC(C1)C(C)(C)C2NC1CCc2ccccc21. The molecule has 1 N–H and O–H groups in total. The molecule has 0 amide bonds. The molecule has 4 atom stereocenters. The summed E-state index contributed by atoms with van der Waals surface area (Å²) in [5, 5.41) is 4.10. The second-order valence-electron chi connectivity index (χ2n) is 8.30. The van der Waals surface area contributed by atoms with Crippen LogP contribution in [0.4, 0.5) is 0 Å². The predicted molar refractivity (Wildman–Crippen MR) is 83.7 cm³/mol. The number of nitrogens with one attached hydrogen (secondary N) is 1. The summed E-state index contributed by atoms with van der Waals surface area (Å²) in [5.41, 5.74) is 4.13. The maximum Gasteiger partial charge on any atom is 0.0329 e. The van der Waals surface area contributed by atoms with E-state index in [4.69, 9.17) is 0 Å². The molecule has 108 valence electrons. The van der Waals surface area contributed by atoms with Gasteiger partial charge in [0.05, 0.1) is 0 Å². The first-order valence-electron chi connectivity index (χ1n) is 8.34. The van der Waals surface area contributed by atoms with Gasteiger partial charge < -0.3 is 5.32 Å². The van der Waals surface area contributed by atoms with E-state index in [1.807, 2.05) is 0 Å². The smallest absolute Gasteiger partial charge is 0.0329 e. The Bertz CT molecular complexity index is 528. The Kier molecular flexibility index (Phi) is 2.64. The number of benzene rings is 1. The molecule has 2 fully saturated rings. The fourth-order valence-electron chi connectivity index (χ4n) is 5.65. The van der Waals surface area contributed by atoms with Gasteiger partial charge >= 0.3 is 0 Å². The Morgan fingerprint density at radius 3 is 2.65 bits per heavy atom. The van der Waals surface area contributed by atoms with Crippen molar-refractivity contribution >= 4 is 0 Å². The van der Waals surface area contributed by atoms with Gasteiger partial charge in [-0.2, -0.15) is 0 Å². The lowest BCUT2D eigenvalue weighted by Crippen LogP contribution is -2.51. The summed E-state index contributed by atoms with van der Waals surface area (Å²) in [6.07, 6.45) is 6.84. The van der Waals surface area contributed by atoms with Crippen molar-refractivity contribution in [2.45, 2.75) is 65.0 Å². The maximum absolute atomic E-state index is 4.10. The van der Waals surface area contributed by atoms with Crippen molar-refractivity contribution in [3.05, 3.63) is 35.4 Å². The zero-order valence-electron chi connectivity index (χ0n) is 13.1. The van der Waals surface area contributed by atoms with E-state index < -0.39 is 0 Å². The molecule has 3 aliphatic carbocycles. The van der Waals surface area contributed by atoms with E-state index in [9.17, 15) is 0 Å². The number of fused-ring (bicyclic) bond motifs is 3. The largest absolute Gasteiger partial charge is 0.306 e. The molecular formula is C19H27N. The van der Waals surface area contributed by atoms with Crippen LogP contribution >= 0.6 is 0 Å². The quantitative estimate of drug-likeness (QED) is 0.835. The van der Waals surface area contributed by atoms with Crippen LogP contribution in [-0.4, -0.2) is 6.04 Å². The fraction of sp³-hybridized carbons (Fsp3) is 0.684. The van der Waals surface area contributed by atoms with Crippen molar-refractivity contribution in [3.63, 3.8) is 0 Å². The lowest BCUT2D eigenvalue weighted by Gasteiger charge is -2.44. The fourth-order valence-corrected chi connectivity index (χ4v) is 5.65. The highest BCUT2D eigenvalue weighted by atomic mass is 15.0. The third-order valence-electron chi connectivity index (χ3n) is 6.77. The van der Waals surface area contributed by atoms with Crippen LogP contribution in [-0.2, 0) is 6.42 Å². The van der Waals surface area contributed by atoms with Crippen LogP contribution in [0.5, 0.6) is 0 Å². The number of aryl methyl sites for hydroxylation is 1. The molecule has 0 saturated heterocycles. The number of hydrogen-bond acceptors (Lipinski definition) is 1. The second-order valence-corrected chi connectivity index (χ2v) is 8.30. The standard InChI is InChI=1S/C19H27N/c1-18(2)14-10-11-19(3,12-14)17(18)20-16-9-8-13-6-4-5-7-15(13)16/h4-7,14,16-17,20H,8-12H2,1-3H3. The van der Waals surface area contributed by atoms with E-state index in [0.717, 1.165) is 5.92 Å². The first-order chi connectivity index (χ1) is 9.51. The van der Waals surface area contributed by atoms with Crippen molar-refractivity contribution in [1.82, 2.24) is 5.32 Å². The highest BCUT2D eigenvalue weighted by molar-refractivity contribution is 5.34. The average Bonchev–Trinajstić information content (AvgIpc) is 3.04. The van der Waals surface area contributed by atoms with E-state index in [0.29, 0.717) is 22.9 Å². The summed E-state index contributed by atoms with van der Waals surface area (Å²) in [6, 6.07) is 10.3. The van der Waals surface area contributed by atoms with Crippen LogP contribution in [0.25, 0.3) is 0 Å². The van der Waals surface area contributed by atoms with Crippen molar-refractivity contribution in [3.8, 4) is 0 Å². The zero-order chi connectivity index (χ0) is 14.0. The van der Waals surface area contributed by atoms with Gasteiger partial charge in [-0.05, 0) is 60.0 Å². The Balaban J connectivity index is 1.61. The second kappa shape index (κ2) is 4.10. The molecule has 4 unspecified atom stereocenters. The van der Waals surface area contributed by atoms with Gasteiger partial charge in [0.25, 0.3) is 0 Å². The van der Waals surface area contributed by atoms with Gasteiger partial charge in [0.15, 0.2) is 0 Å². The maximum atomic E-state index is 4.10. The highest BCUT2D eigenvalue weighted by Gasteiger charge is 2.59. The highest BCUT2D eigenvalue weighted by Crippen LogP contribution is 2.62. The van der Waals surface area contributed by atoms with Crippen LogP contribution in [0.3, 0.4) is 0 Å². The van der Waals surface area contributed by atoms with Gasteiger partial charge in [0, 0.05) is 12.1 Å². The molecule has 2 bridgehead atoms. The minimum Gasteiger partial charge on any atom is -0.306 e. The van der Waals surface area contributed by atoms with Gasteiger partial charge in [-0.25, -0.2) is 0 Å². The third kappa shape index (κ3) is 1.65. The van der Waals surface area contributed by atoms with E-state index in [1.165, 1.54) is 32.1 Å². The number of rotatable bonds is 2. The predicted octanol–water partition coefficient (Wildman–Crippen LogP) is 4.48. The molecule has 0 spiro atoms. The molecule has 1 aromatic rings. The zero-order valence-corrected chi connectivity index (χ0v) is 13.1.